The monoisotopic (exact) mass is 259 g/mol. The molecule has 1 unspecified atom stereocenters. The maximum atomic E-state index is 9.00. The van der Waals surface area contributed by atoms with Gasteiger partial charge in [-0.25, -0.2) is 4.98 Å². The Kier molecular flexibility index (Phi) is 4.23. The molecule has 2 N–H and O–H groups in total. The first-order valence-corrected chi connectivity index (χ1v) is 6.77. The second kappa shape index (κ2) is 5.89. The van der Waals surface area contributed by atoms with Gasteiger partial charge in [-0.2, -0.15) is 5.26 Å². The lowest BCUT2D eigenvalue weighted by Crippen LogP contribution is -2.39. The van der Waals surface area contributed by atoms with Crippen molar-refractivity contribution in [3.05, 3.63) is 17.8 Å². The Balaban J connectivity index is 2.12. The molecule has 102 valence electrons. The summed E-state index contributed by atoms with van der Waals surface area (Å²) in [5, 5.41) is 9.00. The van der Waals surface area contributed by atoms with Crippen molar-refractivity contribution in [2.24, 2.45) is 0 Å². The third kappa shape index (κ3) is 2.79. The standard InChI is InChI=1S/C14H21N5/c1-3-19-8-4-5-12(19)10-18(2)14-13(16)11(9-15)6-7-17-14/h6-7,12H,3-5,8,10,16H2,1-2H3. The fourth-order valence-corrected chi connectivity index (χ4v) is 2.78. The van der Waals surface area contributed by atoms with Gasteiger partial charge in [-0.1, -0.05) is 6.92 Å². The molecular formula is C14H21N5. The predicted octanol–water partition coefficient (Wildman–Crippen LogP) is 1.46. The number of hydrogen-bond donors (Lipinski definition) is 1. The van der Waals surface area contributed by atoms with Gasteiger partial charge in [0.05, 0.1) is 11.3 Å². The number of rotatable bonds is 4. The summed E-state index contributed by atoms with van der Waals surface area (Å²) in [6.45, 7) is 5.36. The number of anilines is 2. The van der Waals surface area contributed by atoms with E-state index >= 15 is 0 Å². The molecule has 0 radical (unpaired) electrons. The smallest absolute Gasteiger partial charge is 0.152 e. The van der Waals surface area contributed by atoms with Gasteiger partial charge in [-0.3, -0.25) is 4.90 Å². The normalized spacial score (nSPS) is 19.3. The van der Waals surface area contributed by atoms with E-state index in [4.69, 9.17) is 11.0 Å². The fraction of sp³-hybridized carbons (Fsp3) is 0.571. The highest BCUT2D eigenvalue weighted by atomic mass is 15.2. The average Bonchev–Trinajstić information content (AvgIpc) is 2.86. The van der Waals surface area contributed by atoms with Gasteiger partial charge in [0.2, 0.25) is 0 Å². The van der Waals surface area contributed by atoms with E-state index < -0.39 is 0 Å². The molecule has 0 spiro atoms. The van der Waals surface area contributed by atoms with E-state index in [1.54, 1.807) is 12.3 Å². The van der Waals surface area contributed by atoms with Gasteiger partial charge in [0, 0.05) is 25.8 Å². The van der Waals surface area contributed by atoms with Gasteiger partial charge in [-0.15, -0.1) is 0 Å². The Bertz CT molecular complexity index is 479. The molecule has 0 bridgehead atoms. The van der Waals surface area contributed by atoms with Crippen molar-refractivity contribution >= 4 is 11.5 Å². The minimum atomic E-state index is 0.480. The van der Waals surface area contributed by atoms with Crippen molar-refractivity contribution in [2.45, 2.75) is 25.8 Å². The van der Waals surface area contributed by atoms with E-state index in [1.807, 2.05) is 7.05 Å². The van der Waals surface area contributed by atoms with E-state index in [2.05, 4.69) is 27.8 Å². The summed E-state index contributed by atoms with van der Waals surface area (Å²) in [5.74, 6) is 0.710. The van der Waals surface area contributed by atoms with Crippen molar-refractivity contribution in [1.82, 2.24) is 9.88 Å². The lowest BCUT2D eigenvalue weighted by molar-refractivity contribution is 0.270. The number of hydrogen-bond acceptors (Lipinski definition) is 5. The van der Waals surface area contributed by atoms with Crippen LogP contribution >= 0.6 is 0 Å². The molecule has 2 rings (SSSR count). The molecule has 1 saturated heterocycles. The molecule has 0 aromatic carbocycles. The lowest BCUT2D eigenvalue weighted by Gasteiger charge is -2.29. The number of pyridine rings is 1. The second-order valence-electron chi connectivity index (χ2n) is 5.01. The molecule has 0 aliphatic carbocycles. The Hall–Kier alpha value is -1.80. The number of nitrogen functional groups attached to an aromatic ring is 1. The molecule has 0 saturated carbocycles. The summed E-state index contributed by atoms with van der Waals surface area (Å²) in [6, 6.07) is 4.31. The maximum Gasteiger partial charge on any atom is 0.152 e. The SMILES string of the molecule is CCN1CCCC1CN(C)c1nccc(C#N)c1N. The van der Waals surface area contributed by atoms with E-state index in [-0.39, 0.29) is 0 Å². The number of nitrogens with two attached hydrogens (primary N) is 1. The summed E-state index contributed by atoms with van der Waals surface area (Å²) in [6.07, 6.45) is 4.12. The zero-order valence-electron chi connectivity index (χ0n) is 11.6. The van der Waals surface area contributed by atoms with Crippen molar-refractivity contribution in [3.63, 3.8) is 0 Å². The van der Waals surface area contributed by atoms with Gasteiger partial charge < -0.3 is 10.6 Å². The molecule has 1 fully saturated rings. The van der Waals surface area contributed by atoms with E-state index in [1.165, 1.54) is 19.4 Å². The molecule has 5 heteroatoms. The molecule has 1 aromatic heterocycles. The first-order valence-electron chi connectivity index (χ1n) is 6.77. The molecule has 19 heavy (non-hydrogen) atoms. The van der Waals surface area contributed by atoms with E-state index in [0.717, 1.165) is 13.1 Å². The zero-order chi connectivity index (χ0) is 13.8. The van der Waals surface area contributed by atoms with Crippen LogP contribution in [0, 0.1) is 11.3 Å². The number of likely N-dealkylation sites (tertiary alicyclic amines) is 1. The molecule has 1 aromatic rings. The van der Waals surface area contributed by atoms with Crippen molar-refractivity contribution in [3.8, 4) is 6.07 Å². The first-order chi connectivity index (χ1) is 9.17. The highest BCUT2D eigenvalue weighted by Crippen LogP contribution is 2.25. The Morgan fingerprint density at radius 3 is 3.11 bits per heavy atom. The zero-order valence-corrected chi connectivity index (χ0v) is 11.6. The van der Waals surface area contributed by atoms with Gasteiger partial charge in [-0.05, 0) is 32.0 Å². The summed E-state index contributed by atoms with van der Waals surface area (Å²) in [7, 11) is 1.99. The van der Waals surface area contributed by atoms with Crippen LogP contribution in [0.4, 0.5) is 11.5 Å². The Labute approximate surface area is 114 Å². The van der Waals surface area contributed by atoms with Crippen LogP contribution in [-0.4, -0.2) is 42.6 Å². The number of likely N-dealkylation sites (N-methyl/N-ethyl adjacent to an activating group) is 2. The Morgan fingerprint density at radius 1 is 1.63 bits per heavy atom. The van der Waals surface area contributed by atoms with Crippen LogP contribution < -0.4 is 10.6 Å². The molecule has 5 nitrogen and oxygen atoms in total. The second-order valence-corrected chi connectivity index (χ2v) is 5.01. The van der Waals surface area contributed by atoms with Gasteiger partial charge in [0.25, 0.3) is 0 Å². The molecule has 1 aliphatic heterocycles. The number of nitrogens with zero attached hydrogens (tertiary/aromatic N) is 4. The highest BCUT2D eigenvalue weighted by Gasteiger charge is 2.25. The third-order valence-corrected chi connectivity index (χ3v) is 3.84. The molecule has 2 heterocycles. The number of nitriles is 1. The molecule has 0 amide bonds. The van der Waals surface area contributed by atoms with E-state index in [0.29, 0.717) is 23.1 Å². The highest BCUT2D eigenvalue weighted by molar-refractivity contribution is 5.69. The van der Waals surface area contributed by atoms with Crippen LogP contribution in [0.25, 0.3) is 0 Å². The van der Waals surface area contributed by atoms with E-state index in [9.17, 15) is 0 Å². The van der Waals surface area contributed by atoms with Crippen LogP contribution in [0.1, 0.15) is 25.3 Å². The topological polar surface area (TPSA) is 69.2 Å². The number of aromatic nitrogens is 1. The largest absolute Gasteiger partial charge is 0.395 e. The summed E-state index contributed by atoms with van der Waals surface area (Å²) >= 11 is 0. The average molecular weight is 259 g/mol. The van der Waals surface area contributed by atoms with Crippen molar-refractivity contribution in [1.29, 1.82) is 5.26 Å². The first kappa shape index (κ1) is 13.6. The molecule has 1 aliphatic rings. The molecular weight excluding hydrogens is 238 g/mol. The van der Waals surface area contributed by atoms with Crippen LogP contribution in [0.2, 0.25) is 0 Å². The van der Waals surface area contributed by atoms with Crippen molar-refractivity contribution in [2.75, 3.05) is 37.3 Å². The fourth-order valence-electron chi connectivity index (χ4n) is 2.78. The predicted molar refractivity (Wildman–Crippen MR) is 76.9 cm³/mol. The van der Waals surface area contributed by atoms with Crippen LogP contribution in [-0.2, 0) is 0 Å². The third-order valence-electron chi connectivity index (χ3n) is 3.84. The minimum absolute atomic E-state index is 0.480. The Morgan fingerprint density at radius 2 is 2.42 bits per heavy atom. The van der Waals surface area contributed by atoms with Crippen LogP contribution in [0.15, 0.2) is 12.3 Å². The van der Waals surface area contributed by atoms with Crippen LogP contribution in [0.3, 0.4) is 0 Å². The summed E-state index contributed by atoms with van der Waals surface area (Å²) < 4.78 is 0. The quantitative estimate of drug-likeness (QED) is 0.886. The van der Waals surface area contributed by atoms with Gasteiger partial charge >= 0.3 is 0 Å². The van der Waals surface area contributed by atoms with Gasteiger partial charge in [0.15, 0.2) is 5.82 Å². The van der Waals surface area contributed by atoms with Crippen LogP contribution in [0.5, 0.6) is 0 Å². The van der Waals surface area contributed by atoms with Gasteiger partial charge in [0.1, 0.15) is 6.07 Å². The maximum absolute atomic E-state index is 9.00. The lowest BCUT2D eigenvalue weighted by atomic mass is 10.2. The molecule has 1 atom stereocenters. The summed E-state index contributed by atoms with van der Waals surface area (Å²) in [5.41, 5.74) is 6.97. The minimum Gasteiger partial charge on any atom is -0.395 e. The van der Waals surface area contributed by atoms with Crippen molar-refractivity contribution < 1.29 is 0 Å². The summed E-state index contributed by atoms with van der Waals surface area (Å²) in [4.78, 5) is 8.86.